The summed E-state index contributed by atoms with van der Waals surface area (Å²) in [4.78, 5) is 11.4. The zero-order valence-electron chi connectivity index (χ0n) is 11.7. The first kappa shape index (κ1) is 17.3. The van der Waals surface area contributed by atoms with Crippen LogP contribution >= 0.6 is 0 Å². The Balaban J connectivity index is 2.44. The fourth-order valence-electron chi connectivity index (χ4n) is 2.04. The van der Waals surface area contributed by atoms with Crippen LogP contribution in [0.5, 0.6) is 0 Å². The Kier molecular flexibility index (Phi) is 6.83. The number of carbonyl (C=O) groups is 1. The summed E-state index contributed by atoms with van der Waals surface area (Å²) in [5.74, 6) is -0.545. The number of hydrogen-bond donors (Lipinski definition) is 2. The molecular weight excluding hydrogens is 288 g/mol. The lowest BCUT2D eigenvalue weighted by Gasteiger charge is -2.30. The summed E-state index contributed by atoms with van der Waals surface area (Å²) in [6, 6.07) is 0. The van der Waals surface area contributed by atoms with Crippen molar-refractivity contribution in [3.8, 4) is 0 Å². The number of aliphatic hydroxyl groups is 1. The van der Waals surface area contributed by atoms with Crippen LogP contribution in [0.3, 0.4) is 0 Å². The number of ether oxygens (including phenoxy) is 2. The van der Waals surface area contributed by atoms with Gasteiger partial charge in [-0.1, -0.05) is 0 Å². The van der Waals surface area contributed by atoms with E-state index in [1.807, 2.05) is 0 Å². The highest BCUT2D eigenvalue weighted by molar-refractivity contribution is 7.87. The van der Waals surface area contributed by atoms with Crippen molar-refractivity contribution in [2.24, 2.45) is 5.92 Å². The van der Waals surface area contributed by atoms with Crippen LogP contribution in [0, 0.1) is 5.92 Å². The molecule has 1 unspecified atom stereocenters. The summed E-state index contributed by atoms with van der Waals surface area (Å²) in [5, 5.41) is 9.43. The maximum Gasteiger partial charge on any atom is 0.308 e. The van der Waals surface area contributed by atoms with E-state index in [9.17, 15) is 18.3 Å². The van der Waals surface area contributed by atoms with Crippen molar-refractivity contribution < 1.29 is 27.8 Å². The van der Waals surface area contributed by atoms with Crippen molar-refractivity contribution in [1.82, 2.24) is 9.03 Å². The van der Waals surface area contributed by atoms with Crippen molar-refractivity contribution in [2.45, 2.75) is 18.9 Å². The Hall–Kier alpha value is -0.740. The van der Waals surface area contributed by atoms with Gasteiger partial charge in [-0.15, -0.1) is 0 Å². The third-order valence-electron chi connectivity index (χ3n) is 3.19. The Labute approximate surface area is 119 Å². The maximum atomic E-state index is 12.0. The lowest BCUT2D eigenvalue weighted by Crippen LogP contribution is -2.48. The second-order valence-electron chi connectivity index (χ2n) is 4.66. The fourth-order valence-corrected chi connectivity index (χ4v) is 3.32. The number of piperidine rings is 1. The normalized spacial score (nSPS) is 19.8. The van der Waals surface area contributed by atoms with Crippen molar-refractivity contribution in [1.29, 1.82) is 0 Å². The molecule has 0 spiro atoms. The van der Waals surface area contributed by atoms with Gasteiger partial charge in [0.05, 0.1) is 25.7 Å². The van der Waals surface area contributed by atoms with Crippen LogP contribution in [0.25, 0.3) is 0 Å². The van der Waals surface area contributed by atoms with Crippen LogP contribution in [0.4, 0.5) is 0 Å². The average molecular weight is 310 g/mol. The van der Waals surface area contributed by atoms with Crippen LogP contribution in [-0.2, 0) is 24.5 Å². The minimum Gasteiger partial charge on any atom is -0.469 e. The molecule has 0 bridgehead atoms. The van der Waals surface area contributed by atoms with E-state index < -0.39 is 16.3 Å². The molecule has 1 aliphatic rings. The summed E-state index contributed by atoms with van der Waals surface area (Å²) in [5.41, 5.74) is 0. The molecule has 0 radical (unpaired) electrons. The monoisotopic (exact) mass is 310 g/mol. The van der Waals surface area contributed by atoms with Crippen LogP contribution < -0.4 is 4.72 Å². The zero-order valence-corrected chi connectivity index (χ0v) is 12.6. The molecule has 1 rings (SSSR count). The molecule has 1 fully saturated rings. The first-order valence-corrected chi connectivity index (χ1v) is 7.84. The number of esters is 1. The van der Waals surface area contributed by atoms with Gasteiger partial charge in [0.15, 0.2) is 0 Å². The van der Waals surface area contributed by atoms with E-state index in [-0.39, 0.29) is 38.1 Å². The molecule has 0 aromatic carbocycles. The summed E-state index contributed by atoms with van der Waals surface area (Å²) in [6.45, 7) is 0.477. The van der Waals surface area contributed by atoms with Crippen LogP contribution in [0.15, 0.2) is 0 Å². The molecule has 9 heteroatoms. The predicted molar refractivity (Wildman–Crippen MR) is 71.1 cm³/mol. The highest BCUT2D eigenvalue weighted by Gasteiger charge is 2.31. The van der Waals surface area contributed by atoms with Gasteiger partial charge in [-0.3, -0.25) is 4.79 Å². The standard InChI is InChI=1S/C11H22N2O6S/c1-18-8-10(14)7-12-20(16,17)13-5-3-9(4-6-13)11(15)19-2/h9-10,12,14H,3-8H2,1-2H3. The molecule has 2 N–H and O–H groups in total. The van der Waals surface area contributed by atoms with Crippen molar-refractivity contribution in [2.75, 3.05) is 40.5 Å². The van der Waals surface area contributed by atoms with Crippen molar-refractivity contribution >= 4 is 16.2 Å². The van der Waals surface area contributed by atoms with E-state index in [2.05, 4.69) is 9.46 Å². The van der Waals surface area contributed by atoms with E-state index in [0.717, 1.165) is 0 Å². The van der Waals surface area contributed by atoms with Gasteiger partial charge in [0, 0.05) is 26.7 Å². The quantitative estimate of drug-likeness (QED) is 0.567. The van der Waals surface area contributed by atoms with Gasteiger partial charge in [0.2, 0.25) is 0 Å². The van der Waals surface area contributed by atoms with Gasteiger partial charge in [-0.05, 0) is 12.8 Å². The first-order chi connectivity index (χ1) is 9.40. The van der Waals surface area contributed by atoms with Crippen molar-refractivity contribution in [3.63, 3.8) is 0 Å². The Morgan fingerprint density at radius 2 is 2.00 bits per heavy atom. The number of nitrogens with one attached hydrogen (secondary N) is 1. The summed E-state index contributed by atoms with van der Waals surface area (Å²) in [6.07, 6.45) is -0.00929. The maximum absolute atomic E-state index is 12.0. The van der Waals surface area contributed by atoms with Gasteiger partial charge in [-0.25, -0.2) is 0 Å². The van der Waals surface area contributed by atoms with E-state index >= 15 is 0 Å². The molecule has 20 heavy (non-hydrogen) atoms. The Morgan fingerprint density at radius 3 is 2.50 bits per heavy atom. The third-order valence-corrected chi connectivity index (χ3v) is 4.77. The molecule has 1 heterocycles. The highest BCUT2D eigenvalue weighted by atomic mass is 32.2. The minimum atomic E-state index is -3.64. The van der Waals surface area contributed by atoms with Crippen LogP contribution in [-0.4, -0.2) is 70.4 Å². The number of nitrogens with zero attached hydrogens (tertiary/aromatic N) is 1. The zero-order chi connectivity index (χ0) is 15.2. The largest absolute Gasteiger partial charge is 0.469 e. The lowest BCUT2D eigenvalue weighted by atomic mass is 9.99. The van der Waals surface area contributed by atoms with E-state index in [4.69, 9.17) is 4.74 Å². The second-order valence-corrected chi connectivity index (χ2v) is 6.41. The minimum absolute atomic E-state index is 0.0624. The van der Waals surface area contributed by atoms with Gasteiger partial charge < -0.3 is 14.6 Å². The number of methoxy groups -OCH3 is 2. The van der Waals surface area contributed by atoms with Gasteiger partial charge in [0.25, 0.3) is 10.2 Å². The molecule has 8 nitrogen and oxygen atoms in total. The summed E-state index contributed by atoms with van der Waals surface area (Å²) in [7, 11) is -0.887. The van der Waals surface area contributed by atoms with E-state index in [0.29, 0.717) is 12.8 Å². The van der Waals surface area contributed by atoms with Crippen LogP contribution in [0.2, 0.25) is 0 Å². The van der Waals surface area contributed by atoms with Gasteiger partial charge >= 0.3 is 5.97 Å². The Bertz CT molecular complexity index is 405. The number of aliphatic hydroxyl groups excluding tert-OH is 1. The number of carbonyl (C=O) groups excluding carboxylic acids is 1. The Morgan fingerprint density at radius 1 is 1.40 bits per heavy atom. The lowest BCUT2D eigenvalue weighted by molar-refractivity contribution is -0.146. The van der Waals surface area contributed by atoms with Crippen LogP contribution in [0.1, 0.15) is 12.8 Å². The molecule has 118 valence electrons. The first-order valence-electron chi connectivity index (χ1n) is 6.40. The molecule has 0 amide bonds. The molecule has 0 aromatic heterocycles. The molecule has 0 aliphatic carbocycles. The molecule has 0 aromatic rings. The van der Waals surface area contributed by atoms with E-state index in [1.54, 1.807) is 0 Å². The fraction of sp³-hybridized carbons (Fsp3) is 0.909. The van der Waals surface area contributed by atoms with Crippen molar-refractivity contribution in [3.05, 3.63) is 0 Å². The summed E-state index contributed by atoms with van der Waals surface area (Å²) >= 11 is 0. The van der Waals surface area contributed by atoms with Gasteiger partial charge in [-0.2, -0.15) is 17.4 Å². The predicted octanol–water partition coefficient (Wildman–Crippen LogP) is -1.29. The third kappa shape index (κ3) is 4.98. The topological polar surface area (TPSA) is 105 Å². The SMILES string of the molecule is COCC(O)CNS(=O)(=O)N1CCC(C(=O)OC)CC1. The highest BCUT2D eigenvalue weighted by Crippen LogP contribution is 2.20. The average Bonchev–Trinajstić information content (AvgIpc) is 2.45. The van der Waals surface area contributed by atoms with Gasteiger partial charge in [0.1, 0.15) is 0 Å². The number of hydrogen-bond acceptors (Lipinski definition) is 6. The summed E-state index contributed by atoms with van der Waals surface area (Å²) < 4.78 is 36.9. The number of rotatable bonds is 7. The molecule has 0 saturated carbocycles. The molecular formula is C11H22N2O6S. The molecule has 1 aliphatic heterocycles. The molecule has 1 atom stereocenters. The van der Waals surface area contributed by atoms with E-state index in [1.165, 1.54) is 18.5 Å². The second kappa shape index (κ2) is 7.89. The molecule has 1 saturated heterocycles. The smallest absolute Gasteiger partial charge is 0.308 e.